The number of hydrogen-bond donors (Lipinski definition) is 4. The second kappa shape index (κ2) is 8.33. The summed E-state index contributed by atoms with van der Waals surface area (Å²) in [5, 5.41) is 22.1. The first-order valence-corrected chi connectivity index (χ1v) is 11.0. The van der Waals surface area contributed by atoms with Gasteiger partial charge >= 0.3 is 5.97 Å². The van der Waals surface area contributed by atoms with Crippen LogP contribution >= 0.6 is 11.6 Å². The van der Waals surface area contributed by atoms with Gasteiger partial charge in [0.05, 0.1) is 32.2 Å². The Morgan fingerprint density at radius 2 is 1.59 bits per heavy atom. The normalized spacial score (nSPS) is 11.3. The number of hydrogen-bond acceptors (Lipinski definition) is 7. The SMILES string of the molecule is O=C(O)c1cccc(S(=O)(=O)Nc2nc3ccccc3nc2Nc2cc(O)ccc2Cl)c1. The van der Waals surface area contributed by atoms with E-state index < -0.39 is 16.0 Å². The molecule has 1 aromatic heterocycles. The fourth-order valence-electron chi connectivity index (χ4n) is 2.88. The number of carbonyl (C=O) groups is 1. The number of nitrogens with zero attached hydrogens (tertiary/aromatic N) is 2. The number of aromatic carboxylic acids is 1. The van der Waals surface area contributed by atoms with Gasteiger partial charge in [0.25, 0.3) is 10.0 Å². The first-order valence-electron chi connectivity index (χ1n) is 9.11. The largest absolute Gasteiger partial charge is 0.508 e. The molecule has 0 saturated carbocycles. The molecule has 0 amide bonds. The number of carboxylic acids is 1. The molecule has 4 N–H and O–H groups in total. The van der Waals surface area contributed by atoms with Crippen molar-refractivity contribution in [2.45, 2.75) is 4.90 Å². The number of aromatic hydroxyl groups is 1. The van der Waals surface area contributed by atoms with E-state index in [0.717, 1.165) is 6.07 Å². The van der Waals surface area contributed by atoms with Crippen LogP contribution in [0, 0.1) is 0 Å². The Bertz CT molecular complexity index is 1460. The zero-order chi connectivity index (χ0) is 22.9. The lowest BCUT2D eigenvalue weighted by Crippen LogP contribution is -2.16. The summed E-state index contributed by atoms with van der Waals surface area (Å²) >= 11 is 6.18. The molecular formula is C21H15ClN4O5S. The molecule has 1 heterocycles. The van der Waals surface area contributed by atoms with Crippen molar-refractivity contribution in [3.63, 3.8) is 0 Å². The molecule has 0 unspecified atom stereocenters. The van der Waals surface area contributed by atoms with E-state index in [1.807, 2.05) is 0 Å². The summed E-state index contributed by atoms with van der Waals surface area (Å²) in [6.07, 6.45) is 0. The number of para-hydroxylation sites is 2. The molecule has 4 aromatic rings. The number of carboxylic acid groups (broad SMARTS) is 1. The number of aromatic nitrogens is 2. The second-order valence-electron chi connectivity index (χ2n) is 6.64. The maximum absolute atomic E-state index is 13.0. The van der Waals surface area contributed by atoms with Gasteiger partial charge in [0, 0.05) is 6.07 Å². The van der Waals surface area contributed by atoms with Crippen molar-refractivity contribution in [3.8, 4) is 5.75 Å². The summed E-state index contributed by atoms with van der Waals surface area (Å²) in [7, 11) is -4.21. The first kappa shape index (κ1) is 21.3. The summed E-state index contributed by atoms with van der Waals surface area (Å²) in [4.78, 5) is 19.7. The highest BCUT2D eigenvalue weighted by Crippen LogP contribution is 2.32. The fraction of sp³-hybridized carbons (Fsp3) is 0. The summed E-state index contributed by atoms with van der Waals surface area (Å²) in [6.45, 7) is 0. The molecule has 0 aliphatic rings. The highest BCUT2D eigenvalue weighted by Gasteiger charge is 2.21. The van der Waals surface area contributed by atoms with Gasteiger partial charge < -0.3 is 15.5 Å². The number of nitrogens with one attached hydrogen (secondary N) is 2. The highest BCUT2D eigenvalue weighted by atomic mass is 35.5. The minimum absolute atomic E-state index is 0.0363. The van der Waals surface area contributed by atoms with Crippen LogP contribution in [0.3, 0.4) is 0 Å². The van der Waals surface area contributed by atoms with Gasteiger partial charge in [-0.15, -0.1) is 0 Å². The summed E-state index contributed by atoms with van der Waals surface area (Å²) < 4.78 is 28.3. The number of anilines is 3. The van der Waals surface area contributed by atoms with Crippen LogP contribution in [0.2, 0.25) is 5.02 Å². The third-order valence-electron chi connectivity index (χ3n) is 4.40. The molecule has 0 aliphatic heterocycles. The van der Waals surface area contributed by atoms with E-state index in [-0.39, 0.29) is 38.6 Å². The van der Waals surface area contributed by atoms with Crippen LogP contribution in [0.4, 0.5) is 17.3 Å². The predicted molar refractivity (Wildman–Crippen MR) is 120 cm³/mol. The maximum atomic E-state index is 13.0. The molecule has 0 saturated heterocycles. The van der Waals surface area contributed by atoms with E-state index in [2.05, 4.69) is 20.0 Å². The minimum atomic E-state index is -4.21. The molecule has 3 aromatic carbocycles. The van der Waals surface area contributed by atoms with Gasteiger partial charge in [0.1, 0.15) is 5.75 Å². The van der Waals surface area contributed by atoms with E-state index in [9.17, 15) is 18.3 Å². The van der Waals surface area contributed by atoms with Gasteiger partial charge in [0.15, 0.2) is 11.6 Å². The van der Waals surface area contributed by atoms with Gasteiger partial charge in [-0.2, -0.15) is 0 Å². The number of halogens is 1. The number of phenols is 1. The van der Waals surface area contributed by atoms with Crippen LogP contribution in [-0.4, -0.2) is 34.6 Å². The molecule has 0 atom stereocenters. The van der Waals surface area contributed by atoms with Gasteiger partial charge in [-0.25, -0.2) is 23.2 Å². The predicted octanol–water partition coefficient (Wildman–Crippen LogP) is 4.23. The zero-order valence-electron chi connectivity index (χ0n) is 16.2. The third kappa shape index (κ3) is 4.41. The Balaban J connectivity index is 1.80. The Morgan fingerprint density at radius 1 is 0.906 bits per heavy atom. The van der Waals surface area contributed by atoms with Crippen LogP contribution in [0.1, 0.15) is 10.4 Å². The van der Waals surface area contributed by atoms with Crippen molar-refractivity contribution in [2.24, 2.45) is 0 Å². The van der Waals surface area contributed by atoms with E-state index in [0.29, 0.717) is 11.0 Å². The number of phenolic OH excluding ortho intramolecular Hbond substituents is 1. The van der Waals surface area contributed by atoms with Crippen molar-refractivity contribution in [3.05, 3.63) is 77.3 Å². The highest BCUT2D eigenvalue weighted by molar-refractivity contribution is 7.92. The number of sulfonamides is 1. The minimum Gasteiger partial charge on any atom is -0.508 e. The smallest absolute Gasteiger partial charge is 0.335 e. The van der Waals surface area contributed by atoms with Crippen molar-refractivity contribution >= 4 is 56.0 Å². The van der Waals surface area contributed by atoms with Crippen molar-refractivity contribution in [1.82, 2.24) is 9.97 Å². The summed E-state index contributed by atoms with van der Waals surface area (Å²) in [5.41, 5.74) is 1.02. The molecule has 0 fully saturated rings. The first-order chi connectivity index (χ1) is 15.2. The van der Waals surface area contributed by atoms with Crippen molar-refractivity contribution < 1.29 is 23.4 Å². The van der Waals surface area contributed by atoms with Crippen LogP contribution in [0.15, 0.2) is 71.6 Å². The van der Waals surface area contributed by atoms with Crippen LogP contribution < -0.4 is 10.0 Å². The number of benzene rings is 3. The molecule has 0 radical (unpaired) electrons. The number of rotatable bonds is 6. The van der Waals surface area contributed by atoms with Crippen LogP contribution in [0.25, 0.3) is 11.0 Å². The van der Waals surface area contributed by atoms with E-state index in [1.165, 1.54) is 36.4 Å². The molecule has 9 nitrogen and oxygen atoms in total. The lowest BCUT2D eigenvalue weighted by molar-refractivity contribution is 0.0696. The lowest BCUT2D eigenvalue weighted by Gasteiger charge is -2.15. The molecule has 162 valence electrons. The van der Waals surface area contributed by atoms with Crippen molar-refractivity contribution in [1.29, 1.82) is 0 Å². The number of fused-ring (bicyclic) bond motifs is 1. The zero-order valence-corrected chi connectivity index (χ0v) is 17.7. The molecule has 0 spiro atoms. The van der Waals surface area contributed by atoms with Crippen molar-refractivity contribution in [2.75, 3.05) is 10.0 Å². The fourth-order valence-corrected chi connectivity index (χ4v) is 4.10. The topological polar surface area (TPSA) is 142 Å². The average molecular weight is 471 g/mol. The van der Waals surface area contributed by atoms with Crippen LogP contribution in [-0.2, 0) is 10.0 Å². The standard InChI is InChI=1S/C21H15ClN4O5S/c22-15-9-8-13(27)11-18(15)25-19-20(24-17-7-2-1-6-16(17)23-19)26-32(30,31)14-5-3-4-12(10-14)21(28)29/h1-11,27H,(H,23,25)(H,24,26)(H,28,29). The molecule has 0 bridgehead atoms. The third-order valence-corrected chi connectivity index (χ3v) is 6.06. The molecular weight excluding hydrogens is 456 g/mol. The van der Waals surface area contributed by atoms with E-state index >= 15 is 0 Å². The molecule has 11 heteroatoms. The van der Waals surface area contributed by atoms with Gasteiger partial charge in [0.2, 0.25) is 0 Å². The average Bonchev–Trinajstić information content (AvgIpc) is 2.76. The van der Waals surface area contributed by atoms with E-state index in [4.69, 9.17) is 16.7 Å². The molecule has 4 rings (SSSR count). The summed E-state index contributed by atoms with van der Waals surface area (Å²) in [6, 6.07) is 16.0. The Morgan fingerprint density at radius 3 is 2.28 bits per heavy atom. The Labute approximate surface area is 187 Å². The molecule has 32 heavy (non-hydrogen) atoms. The Hall–Kier alpha value is -3.89. The monoisotopic (exact) mass is 470 g/mol. The Kier molecular flexibility index (Phi) is 5.56. The second-order valence-corrected chi connectivity index (χ2v) is 8.73. The van der Waals surface area contributed by atoms with Gasteiger partial charge in [-0.1, -0.05) is 29.8 Å². The van der Waals surface area contributed by atoms with Gasteiger partial charge in [-0.3, -0.25) is 4.72 Å². The van der Waals surface area contributed by atoms with Gasteiger partial charge in [-0.05, 0) is 42.5 Å². The maximum Gasteiger partial charge on any atom is 0.335 e. The lowest BCUT2D eigenvalue weighted by atomic mass is 10.2. The molecule has 0 aliphatic carbocycles. The van der Waals surface area contributed by atoms with E-state index in [1.54, 1.807) is 24.3 Å². The quantitative estimate of drug-likeness (QED) is 0.328. The summed E-state index contributed by atoms with van der Waals surface area (Å²) in [5.74, 6) is -1.41. The van der Waals surface area contributed by atoms with Crippen LogP contribution in [0.5, 0.6) is 5.75 Å².